The van der Waals surface area contributed by atoms with Crippen LogP contribution in [0, 0.1) is 0 Å². The summed E-state index contributed by atoms with van der Waals surface area (Å²) in [5, 5.41) is 5.82. The first-order valence-corrected chi connectivity index (χ1v) is 5.06. The number of aryl methyl sites for hydroxylation is 1. The highest BCUT2D eigenvalue weighted by atomic mass is 16.5. The molecular formula is C10H16N4O2. The van der Waals surface area contributed by atoms with Crippen molar-refractivity contribution < 1.29 is 9.53 Å². The lowest BCUT2D eigenvalue weighted by Crippen LogP contribution is -2.16. The molecule has 0 saturated carbocycles. The van der Waals surface area contributed by atoms with Crippen LogP contribution in [0.3, 0.4) is 0 Å². The van der Waals surface area contributed by atoms with Crippen molar-refractivity contribution in [1.29, 1.82) is 0 Å². The Labute approximate surface area is 94.4 Å². The predicted molar refractivity (Wildman–Crippen MR) is 61.5 cm³/mol. The van der Waals surface area contributed by atoms with Gasteiger partial charge in [-0.3, -0.25) is 4.79 Å². The van der Waals surface area contributed by atoms with Crippen molar-refractivity contribution in [1.82, 2.24) is 9.97 Å². The van der Waals surface area contributed by atoms with Crippen molar-refractivity contribution in [2.75, 3.05) is 31.3 Å². The standard InChI is InChI=1S/C10H16N4O2/c1-4-7-13-8(11-2)5-9(14-7)12-6-10(15)16-3/h5H,4,6H2,1-3H3,(H2,11,12,13,14). The maximum atomic E-state index is 11.0. The molecular weight excluding hydrogens is 208 g/mol. The Kier molecular flexibility index (Phi) is 4.50. The minimum absolute atomic E-state index is 0.0970. The third kappa shape index (κ3) is 3.38. The van der Waals surface area contributed by atoms with Crippen LogP contribution in [0.15, 0.2) is 6.07 Å². The lowest BCUT2D eigenvalue weighted by molar-refractivity contribution is -0.138. The van der Waals surface area contributed by atoms with E-state index >= 15 is 0 Å². The normalized spacial score (nSPS) is 9.69. The molecule has 0 unspecified atom stereocenters. The Balaban J connectivity index is 2.74. The van der Waals surface area contributed by atoms with Gasteiger partial charge < -0.3 is 15.4 Å². The third-order valence-corrected chi connectivity index (χ3v) is 1.99. The van der Waals surface area contributed by atoms with Crippen molar-refractivity contribution in [2.24, 2.45) is 0 Å². The number of ether oxygens (including phenoxy) is 1. The number of hydrogen-bond donors (Lipinski definition) is 2. The van der Waals surface area contributed by atoms with E-state index in [0.717, 1.165) is 18.1 Å². The molecule has 6 nitrogen and oxygen atoms in total. The molecule has 0 fully saturated rings. The number of hydrogen-bond acceptors (Lipinski definition) is 6. The Morgan fingerprint density at radius 1 is 1.44 bits per heavy atom. The van der Waals surface area contributed by atoms with Crippen molar-refractivity contribution in [3.63, 3.8) is 0 Å². The van der Waals surface area contributed by atoms with Crippen LogP contribution >= 0.6 is 0 Å². The second-order valence-corrected chi connectivity index (χ2v) is 3.09. The lowest BCUT2D eigenvalue weighted by atomic mass is 10.4. The molecule has 0 aliphatic heterocycles. The molecule has 0 radical (unpaired) electrons. The summed E-state index contributed by atoms with van der Waals surface area (Å²) in [4.78, 5) is 19.4. The first-order chi connectivity index (χ1) is 7.69. The van der Waals surface area contributed by atoms with Crippen LogP contribution in [-0.2, 0) is 16.0 Å². The van der Waals surface area contributed by atoms with Gasteiger partial charge in [0.2, 0.25) is 0 Å². The average Bonchev–Trinajstić information content (AvgIpc) is 2.35. The van der Waals surface area contributed by atoms with Gasteiger partial charge in [0.15, 0.2) is 0 Å². The molecule has 0 aliphatic rings. The number of methoxy groups -OCH3 is 1. The Morgan fingerprint density at radius 3 is 2.69 bits per heavy atom. The van der Waals surface area contributed by atoms with Gasteiger partial charge in [-0.2, -0.15) is 0 Å². The number of esters is 1. The Bertz CT molecular complexity index is 346. The van der Waals surface area contributed by atoms with Gasteiger partial charge in [-0.25, -0.2) is 9.97 Å². The van der Waals surface area contributed by atoms with Gasteiger partial charge in [-0.15, -0.1) is 0 Å². The minimum atomic E-state index is -0.331. The smallest absolute Gasteiger partial charge is 0.325 e. The maximum Gasteiger partial charge on any atom is 0.325 e. The molecule has 0 aromatic carbocycles. The maximum absolute atomic E-state index is 11.0. The number of carbonyl (C=O) groups excluding carboxylic acids is 1. The topological polar surface area (TPSA) is 76.1 Å². The summed E-state index contributed by atoms with van der Waals surface area (Å²) in [6, 6.07) is 1.74. The van der Waals surface area contributed by atoms with E-state index in [1.54, 1.807) is 13.1 Å². The van der Waals surface area contributed by atoms with Gasteiger partial charge in [0.1, 0.15) is 24.0 Å². The summed E-state index contributed by atoms with van der Waals surface area (Å²) in [7, 11) is 3.13. The zero-order valence-corrected chi connectivity index (χ0v) is 9.70. The quantitative estimate of drug-likeness (QED) is 0.716. The highest BCUT2D eigenvalue weighted by molar-refractivity contribution is 5.74. The number of nitrogens with one attached hydrogen (secondary N) is 2. The molecule has 0 atom stereocenters. The van der Waals surface area contributed by atoms with Crippen molar-refractivity contribution in [3.8, 4) is 0 Å². The average molecular weight is 224 g/mol. The van der Waals surface area contributed by atoms with Gasteiger partial charge in [0.05, 0.1) is 7.11 Å². The summed E-state index contributed by atoms with van der Waals surface area (Å²) in [5.41, 5.74) is 0. The van der Waals surface area contributed by atoms with Gasteiger partial charge in [-0.05, 0) is 0 Å². The van der Waals surface area contributed by atoms with E-state index in [-0.39, 0.29) is 12.5 Å². The fraction of sp³-hybridized carbons (Fsp3) is 0.500. The van der Waals surface area contributed by atoms with Crippen molar-refractivity contribution in [3.05, 3.63) is 11.9 Å². The third-order valence-electron chi connectivity index (χ3n) is 1.99. The monoisotopic (exact) mass is 224 g/mol. The van der Waals surface area contributed by atoms with Crippen molar-refractivity contribution in [2.45, 2.75) is 13.3 Å². The van der Waals surface area contributed by atoms with Gasteiger partial charge in [0.25, 0.3) is 0 Å². The minimum Gasteiger partial charge on any atom is -0.468 e. The summed E-state index contributed by atoms with van der Waals surface area (Å²) in [6.45, 7) is 2.07. The Morgan fingerprint density at radius 2 is 2.12 bits per heavy atom. The van der Waals surface area contributed by atoms with Crippen LogP contribution in [0.4, 0.5) is 11.6 Å². The van der Waals surface area contributed by atoms with Crippen molar-refractivity contribution >= 4 is 17.6 Å². The number of aromatic nitrogens is 2. The van der Waals surface area contributed by atoms with E-state index in [9.17, 15) is 4.79 Å². The summed E-state index contributed by atoms with van der Waals surface area (Å²) < 4.78 is 4.52. The van der Waals surface area contributed by atoms with Crippen LogP contribution in [0.1, 0.15) is 12.7 Å². The molecule has 0 amide bonds. The molecule has 0 spiro atoms. The van der Waals surface area contributed by atoms with Gasteiger partial charge >= 0.3 is 5.97 Å². The first kappa shape index (κ1) is 12.2. The SMILES string of the molecule is CCc1nc(NC)cc(NCC(=O)OC)n1. The number of carbonyl (C=O) groups is 1. The van der Waals surface area contributed by atoms with E-state index in [1.165, 1.54) is 7.11 Å². The highest BCUT2D eigenvalue weighted by Gasteiger charge is 2.04. The lowest BCUT2D eigenvalue weighted by Gasteiger charge is -2.08. The fourth-order valence-corrected chi connectivity index (χ4v) is 1.11. The molecule has 1 aromatic rings. The fourth-order valence-electron chi connectivity index (χ4n) is 1.11. The first-order valence-electron chi connectivity index (χ1n) is 5.06. The molecule has 2 N–H and O–H groups in total. The number of rotatable bonds is 5. The number of nitrogens with zero attached hydrogens (tertiary/aromatic N) is 2. The Hall–Kier alpha value is -1.85. The molecule has 0 saturated heterocycles. The molecule has 16 heavy (non-hydrogen) atoms. The summed E-state index contributed by atoms with van der Waals surface area (Å²) in [5.74, 6) is 1.72. The molecule has 1 aromatic heterocycles. The van der Waals surface area contributed by atoms with Gasteiger partial charge in [-0.1, -0.05) is 6.92 Å². The molecule has 0 aliphatic carbocycles. The molecule has 6 heteroatoms. The summed E-state index contributed by atoms with van der Waals surface area (Å²) in [6.07, 6.45) is 0.739. The van der Waals surface area contributed by atoms with E-state index in [0.29, 0.717) is 5.82 Å². The molecule has 1 heterocycles. The predicted octanol–water partition coefficient (Wildman–Crippen LogP) is 0.666. The summed E-state index contributed by atoms with van der Waals surface area (Å²) >= 11 is 0. The van der Waals surface area contributed by atoms with Crippen LogP contribution < -0.4 is 10.6 Å². The van der Waals surface area contributed by atoms with E-state index in [1.807, 2.05) is 6.92 Å². The van der Waals surface area contributed by atoms with E-state index < -0.39 is 0 Å². The van der Waals surface area contributed by atoms with Gasteiger partial charge in [0, 0.05) is 19.5 Å². The second kappa shape index (κ2) is 5.89. The highest BCUT2D eigenvalue weighted by Crippen LogP contribution is 2.10. The zero-order chi connectivity index (χ0) is 12.0. The molecule has 1 rings (SSSR count). The second-order valence-electron chi connectivity index (χ2n) is 3.09. The van der Waals surface area contributed by atoms with Crippen LogP contribution in [0.2, 0.25) is 0 Å². The van der Waals surface area contributed by atoms with Crippen LogP contribution in [0.25, 0.3) is 0 Å². The van der Waals surface area contributed by atoms with Crippen LogP contribution in [-0.4, -0.2) is 36.6 Å². The molecule has 88 valence electrons. The molecule has 0 bridgehead atoms. The van der Waals surface area contributed by atoms with E-state index in [2.05, 4.69) is 25.3 Å². The number of anilines is 2. The largest absolute Gasteiger partial charge is 0.468 e. The zero-order valence-electron chi connectivity index (χ0n) is 9.70. The van der Waals surface area contributed by atoms with E-state index in [4.69, 9.17) is 0 Å². The van der Waals surface area contributed by atoms with Crippen LogP contribution in [0.5, 0.6) is 0 Å².